The van der Waals surface area contributed by atoms with Crippen molar-refractivity contribution >= 4 is 28.6 Å². The van der Waals surface area contributed by atoms with Gasteiger partial charge in [-0.2, -0.15) is 0 Å². The number of amides is 1. The monoisotopic (exact) mass is 443 g/mol. The summed E-state index contributed by atoms with van der Waals surface area (Å²) in [5.41, 5.74) is 4.60. The van der Waals surface area contributed by atoms with Crippen molar-refractivity contribution in [2.45, 2.75) is 13.8 Å². The number of hydrogen-bond donors (Lipinski definition) is 2. The average molecular weight is 444 g/mol. The fraction of sp³-hybridized carbons (Fsp3) is 0.200. The lowest BCUT2D eigenvalue weighted by atomic mass is 10.0. The van der Waals surface area contributed by atoms with E-state index in [2.05, 4.69) is 36.3 Å². The van der Waals surface area contributed by atoms with Crippen LogP contribution in [-0.4, -0.2) is 51.7 Å². The number of likely N-dealkylation sites (N-methyl/N-ethyl adjacent to an activating group) is 1. The number of pyridine rings is 1. The first-order chi connectivity index (χ1) is 15.8. The van der Waals surface area contributed by atoms with E-state index in [1.54, 1.807) is 24.7 Å². The van der Waals surface area contributed by atoms with Gasteiger partial charge < -0.3 is 19.9 Å². The Balaban J connectivity index is 1.54. The van der Waals surface area contributed by atoms with E-state index in [0.717, 1.165) is 28.0 Å². The van der Waals surface area contributed by atoms with Crippen LogP contribution in [0.1, 0.15) is 31.8 Å². The average Bonchev–Trinajstić information content (AvgIpc) is 3.35. The molecule has 4 aromatic rings. The summed E-state index contributed by atoms with van der Waals surface area (Å²) in [6.45, 7) is 5.03. The van der Waals surface area contributed by atoms with Crippen LogP contribution in [0.3, 0.4) is 0 Å². The first-order valence-electron chi connectivity index (χ1n) is 10.6. The van der Waals surface area contributed by atoms with Crippen molar-refractivity contribution in [3.8, 4) is 5.69 Å². The first-order valence-corrected chi connectivity index (χ1v) is 10.6. The number of anilines is 1. The molecular formula is C25H25N5O3. The Bertz CT molecular complexity index is 1330. The molecule has 0 saturated carbocycles. The van der Waals surface area contributed by atoms with Crippen LogP contribution in [0.4, 0.5) is 5.82 Å². The Morgan fingerprint density at radius 2 is 1.91 bits per heavy atom. The summed E-state index contributed by atoms with van der Waals surface area (Å²) >= 11 is 0. The van der Waals surface area contributed by atoms with Gasteiger partial charge in [-0.05, 0) is 43.2 Å². The molecule has 4 rings (SSSR count). The third-order valence-electron chi connectivity index (χ3n) is 5.75. The van der Waals surface area contributed by atoms with Crippen LogP contribution in [0, 0.1) is 13.8 Å². The summed E-state index contributed by atoms with van der Waals surface area (Å²) in [6.07, 6.45) is 5.41. The van der Waals surface area contributed by atoms with Crippen LogP contribution in [0.5, 0.6) is 0 Å². The lowest BCUT2D eigenvalue weighted by Crippen LogP contribution is -2.33. The molecule has 0 bridgehead atoms. The number of carbonyl (C=O) groups is 2. The highest BCUT2D eigenvalue weighted by atomic mass is 16.4. The lowest BCUT2D eigenvalue weighted by molar-refractivity contribution is 0.0697. The van der Waals surface area contributed by atoms with Crippen molar-refractivity contribution in [3.05, 3.63) is 83.4 Å². The summed E-state index contributed by atoms with van der Waals surface area (Å²) < 4.78 is 1.97. The third-order valence-corrected chi connectivity index (χ3v) is 5.75. The van der Waals surface area contributed by atoms with Crippen molar-refractivity contribution in [1.82, 2.24) is 19.9 Å². The first kappa shape index (κ1) is 22.0. The molecule has 2 aromatic carbocycles. The Labute approximate surface area is 191 Å². The second-order valence-electron chi connectivity index (χ2n) is 7.94. The van der Waals surface area contributed by atoms with Crippen LogP contribution in [-0.2, 0) is 0 Å². The van der Waals surface area contributed by atoms with E-state index in [1.807, 2.05) is 28.8 Å². The molecule has 0 fully saturated rings. The number of aromatic carboxylic acids is 1. The number of fused-ring (bicyclic) bond motifs is 1. The molecule has 0 aliphatic rings. The zero-order chi connectivity index (χ0) is 23.5. The zero-order valence-electron chi connectivity index (χ0n) is 18.7. The van der Waals surface area contributed by atoms with Crippen LogP contribution >= 0.6 is 0 Å². The van der Waals surface area contributed by atoms with Gasteiger partial charge in [0, 0.05) is 49.5 Å². The standard InChI is InChI=1S/C25H25N5O3/c1-16-7-8-20-21(30-12-9-26-15-30)14-22(28-23(20)17(16)2)29(3)11-10-27-24(31)18-5-4-6-19(13-18)25(32)33/h4-9,12-15H,10-11H2,1-3H3,(H,27,31)(H,32,33). The van der Waals surface area contributed by atoms with E-state index in [4.69, 9.17) is 10.1 Å². The van der Waals surface area contributed by atoms with Gasteiger partial charge in [-0.3, -0.25) is 4.79 Å². The smallest absolute Gasteiger partial charge is 0.335 e. The number of carboxylic acid groups (broad SMARTS) is 1. The molecule has 0 aliphatic heterocycles. The van der Waals surface area contributed by atoms with Gasteiger partial charge in [0.2, 0.25) is 0 Å². The quantitative estimate of drug-likeness (QED) is 0.453. The van der Waals surface area contributed by atoms with Crippen molar-refractivity contribution in [3.63, 3.8) is 0 Å². The summed E-state index contributed by atoms with van der Waals surface area (Å²) in [7, 11) is 1.92. The van der Waals surface area contributed by atoms with Gasteiger partial charge in [0.05, 0.1) is 23.1 Å². The Hall–Kier alpha value is -4.20. The van der Waals surface area contributed by atoms with Gasteiger partial charge in [0.25, 0.3) is 5.91 Å². The highest BCUT2D eigenvalue weighted by Gasteiger charge is 2.14. The molecule has 0 saturated heterocycles. The van der Waals surface area contributed by atoms with Gasteiger partial charge >= 0.3 is 5.97 Å². The predicted molar refractivity (Wildman–Crippen MR) is 127 cm³/mol. The molecule has 0 radical (unpaired) electrons. The minimum Gasteiger partial charge on any atom is -0.478 e. The Morgan fingerprint density at radius 1 is 1.12 bits per heavy atom. The molecule has 33 heavy (non-hydrogen) atoms. The number of aromatic nitrogens is 3. The van der Waals surface area contributed by atoms with Crippen LogP contribution in [0.15, 0.2) is 61.2 Å². The summed E-state index contributed by atoms with van der Waals surface area (Å²) in [5.74, 6) is -0.600. The molecule has 2 aromatic heterocycles. The van der Waals surface area contributed by atoms with Gasteiger partial charge in [-0.15, -0.1) is 0 Å². The Kier molecular flexibility index (Phi) is 6.08. The largest absolute Gasteiger partial charge is 0.478 e. The number of aryl methyl sites for hydroxylation is 2. The number of nitrogens with one attached hydrogen (secondary N) is 1. The second-order valence-corrected chi connectivity index (χ2v) is 7.94. The van der Waals surface area contributed by atoms with Gasteiger partial charge in [0.15, 0.2) is 0 Å². The van der Waals surface area contributed by atoms with Crippen molar-refractivity contribution in [1.29, 1.82) is 0 Å². The maximum atomic E-state index is 12.5. The van der Waals surface area contributed by atoms with E-state index >= 15 is 0 Å². The topological polar surface area (TPSA) is 100 Å². The number of hydrogen-bond acceptors (Lipinski definition) is 5. The molecule has 0 spiro atoms. The number of carbonyl (C=O) groups excluding carboxylic acids is 1. The van der Waals surface area contributed by atoms with E-state index in [9.17, 15) is 9.59 Å². The van der Waals surface area contributed by atoms with E-state index in [1.165, 1.54) is 17.7 Å². The van der Waals surface area contributed by atoms with E-state index < -0.39 is 5.97 Å². The third kappa shape index (κ3) is 4.55. The maximum absolute atomic E-state index is 12.5. The predicted octanol–water partition coefficient (Wildman–Crippen LogP) is 3.60. The molecule has 1 amide bonds. The molecular weight excluding hydrogens is 418 g/mol. The highest BCUT2D eigenvalue weighted by Crippen LogP contribution is 2.29. The molecule has 2 N–H and O–H groups in total. The van der Waals surface area contributed by atoms with Crippen LogP contribution in [0.25, 0.3) is 16.6 Å². The van der Waals surface area contributed by atoms with Gasteiger partial charge in [-0.1, -0.05) is 18.2 Å². The van der Waals surface area contributed by atoms with Gasteiger partial charge in [-0.25, -0.2) is 14.8 Å². The molecule has 0 atom stereocenters. The molecule has 8 nitrogen and oxygen atoms in total. The molecule has 2 heterocycles. The highest BCUT2D eigenvalue weighted by molar-refractivity contribution is 5.97. The number of rotatable bonds is 7. The fourth-order valence-corrected chi connectivity index (χ4v) is 3.66. The van der Waals surface area contributed by atoms with Crippen LogP contribution in [0.2, 0.25) is 0 Å². The number of benzene rings is 2. The summed E-state index contributed by atoms with van der Waals surface area (Å²) in [6, 6.07) is 12.2. The number of carboxylic acids is 1. The number of nitrogens with zero attached hydrogens (tertiary/aromatic N) is 4. The summed E-state index contributed by atoms with van der Waals surface area (Å²) in [5, 5.41) is 13.0. The Morgan fingerprint density at radius 3 is 2.64 bits per heavy atom. The zero-order valence-corrected chi connectivity index (χ0v) is 18.7. The summed E-state index contributed by atoms with van der Waals surface area (Å²) in [4.78, 5) is 34.7. The van der Waals surface area contributed by atoms with Crippen molar-refractivity contribution in [2.75, 3.05) is 25.0 Å². The molecule has 0 unspecified atom stereocenters. The minimum atomic E-state index is -1.06. The van der Waals surface area contributed by atoms with Gasteiger partial charge in [0.1, 0.15) is 5.82 Å². The maximum Gasteiger partial charge on any atom is 0.335 e. The molecule has 8 heteroatoms. The van der Waals surface area contributed by atoms with E-state index in [0.29, 0.717) is 18.7 Å². The lowest BCUT2D eigenvalue weighted by Gasteiger charge is -2.21. The van der Waals surface area contributed by atoms with Crippen molar-refractivity contribution in [2.24, 2.45) is 0 Å². The second kappa shape index (κ2) is 9.12. The molecule has 0 aliphatic carbocycles. The fourth-order valence-electron chi connectivity index (χ4n) is 3.66. The SMILES string of the molecule is Cc1ccc2c(-n3ccnc3)cc(N(C)CCNC(=O)c3cccc(C(=O)O)c3)nc2c1C. The molecule has 168 valence electrons. The van der Waals surface area contributed by atoms with E-state index in [-0.39, 0.29) is 11.5 Å². The van der Waals surface area contributed by atoms with Crippen molar-refractivity contribution < 1.29 is 14.7 Å². The normalized spacial score (nSPS) is 10.9. The minimum absolute atomic E-state index is 0.0813. The number of imidazole rings is 1. The van der Waals surface area contributed by atoms with Crippen LogP contribution < -0.4 is 10.2 Å².